The maximum absolute atomic E-state index is 4.96. The Kier molecular flexibility index (Phi) is 7.63. The molecule has 1 heterocycles. The number of hydrogen-bond acceptors (Lipinski definition) is 6. The van der Waals surface area contributed by atoms with Crippen LogP contribution in [0.15, 0.2) is 17.3 Å². The summed E-state index contributed by atoms with van der Waals surface area (Å²) in [5, 5.41) is 15.8. The van der Waals surface area contributed by atoms with E-state index in [-0.39, 0.29) is 0 Å². The number of tetrazole rings is 1. The summed E-state index contributed by atoms with van der Waals surface area (Å²) < 4.78 is 6.77. The van der Waals surface area contributed by atoms with Crippen LogP contribution < -0.4 is 5.32 Å². The van der Waals surface area contributed by atoms with Crippen molar-refractivity contribution in [1.29, 1.82) is 0 Å². The first-order valence-corrected chi connectivity index (χ1v) is 7.01. The van der Waals surface area contributed by atoms with Gasteiger partial charge >= 0.3 is 0 Å². The molecule has 0 bridgehead atoms. The smallest absolute Gasteiger partial charge is 0.209 e. The number of nitrogens with zero attached hydrogens (tertiary/aromatic N) is 4. The molecule has 1 rings (SSSR count). The number of hydrogen-bond donors (Lipinski definition) is 1. The van der Waals surface area contributed by atoms with Crippen LogP contribution in [0.1, 0.15) is 13.3 Å². The Morgan fingerprint density at radius 1 is 1.50 bits per heavy atom. The van der Waals surface area contributed by atoms with E-state index in [2.05, 4.69) is 34.3 Å². The van der Waals surface area contributed by atoms with Crippen LogP contribution >= 0.6 is 11.8 Å². The summed E-state index contributed by atoms with van der Waals surface area (Å²) in [4.78, 5) is 0. The molecule has 0 saturated carbocycles. The number of aromatic nitrogens is 4. The Morgan fingerprint density at radius 3 is 3.06 bits per heavy atom. The van der Waals surface area contributed by atoms with Gasteiger partial charge in [-0.2, -0.15) is 0 Å². The molecule has 0 amide bonds. The molecular formula is C11H21N5OS. The van der Waals surface area contributed by atoms with E-state index in [0.29, 0.717) is 6.61 Å². The molecule has 1 aromatic rings. The molecule has 0 fully saturated rings. The van der Waals surface area contributed by atoms with Gasteiger partial charge in [0.25, 0.3) is 0 Å². The molecule has 7 heteroatoms. The van der Waals surface area contributed by atoms with E-state index in [4.69, 9.17) is 4.74 Å². The molecule has 0 unspecified atom stereocenters. The van der Waals surface area contributed by atoms with Crippen molar-refractivity contribution in [1.82, 2.24) is 25.5 Å². The lowest BCUT2D eigenvalue weighted by molar-refractivity contribution is 0.199. The Bertz CT molecular complexity index is 355. The molecule has 0 aliphatic carbocycles. The predicted octanol–water partition coefficient (Wildman–Crippen LogP) is 0.967. The first-order valence-electron chi connectivity index (χ1n) is 6.03. The second-order valence-electron chi connectivity index (χ2n) is 3.82. The summed E-state index contributed by atoms with van der Waals surface area (Å²) in [6, 6.07) is 0. The van der Waals surface area contributed by atoms with Gasteiger partial charge in [-0.15, -0.1) is 5.10 Å². The minimum Gasteiger partial charge on any atom is -0.383 e. The maximum Gasteiger partial charge on any atom is 0.209 e. The number of nitrogens with one attached hydrogen (secondary N) is 1. The quantitative estimate of drug-likeness (QED) is 0.388. The molecule has 0 aromatic carbocycles. The lowest BCUT2D eigenvalue weighted by Crippen LogP contribution is -2.24. The van der Waals surface area contributed by atoms with E-state index in [1.165, 1.54) is 5.57 Å². The second-order valence-corrected chi connectivity index (χ2v) is 4.76. The molecular weight excluding hydrogens is 250 g/mol. The summed E-state index contributed by atoms with van der Waals surface area (Å²) in [6.45, 7) is 9.22. The van der Waals surface area contributed by atoms with Gasteiger partial charge < -0.3 is 10.1 Å². The van der Waals surface area contributed by atoms with Gasteiger partial charge in [0.05, 0.1) is 13.2 Å². The molecule has 1 N–H and O–H groups in total. The van der Waals surface area contributed by atoms with Crippen molar-refractivity contribution in [2.45, 2.75) is 25.0 Å². The Hall–Kier alpha value is -0.920. The van der Waals surface area contributed by atoms with Crippen LogP contribution in [0, 0.1) is 0 Å². The highest BCUT2D eigenvalue weighted by molar-refractivity contribution is 7.99. The maximum atomic E-state index is 4.96. The van der Waals surface area contributed by atoms with Gasteiger partial charge in [0.2, 0.25) is 5.16 Å². The molecule has 0 saturated heterocycles. The first-order chi connectivity index (χ1) is 8.77. The average molecular weight is 271 g/mol. The van der Waals surface area contributed by atoms with Gasteiger partial charge in [-0.25, -0.2) is 4.68 Å². The standard InChI is InChI=1S/C11H21N5OS/c1-4-10(2)9-18-11-13-14-15-16(11)7-5-12-6-8-17-3/h12H,2,4-9H2,1,3H3. The SMILES string of the molecule is C=C(CC)CSc1nnnn1CCNCCOC. The summed E-state index contributed by atoms with van der Waals surface area (Å²) in [6.07, 6.45) is 0.993. The monoisotopic (exact) mass is 271 g/mol. The molecule has 18 heavy (non-hydrogen) atoms. The van der Waals surface area contributed by atoms with Gasteiger partial charge in [-0.1, -0.05) is 30.8 Å². The van der Waals surface area contributed by atoms with Gasteiger partial charge in [-0.3, -0.25) is 0 Å². The van der Waals surface area contributed by atoms with E-state index in [1.54, 1.807) is 18.9 Å². The largest absolute Gasteiger partial charge is 0.383 e. The van der Waals surface area contributed by atoms with E-state index in [1.807, 2.05) is 4.68 Å². The molecule has 0 spiro atoms. The van der Waals surface area contributed by atoms with Crippen molar-refractivity contribution in [3.63, 3.8) is 0 Å². The van der Waals surface area contributed by atoms with Crippen LogP contribution in [0.2, 0.25) is 0 Å². The van der Waals surface area contributed by atoms with Crippen LogP contribution in [-0.2, 0) is 11.3 Å². The van der Waals surface area contributed by atoms with Crippen molar-refractivity contribution >= 4 is 11.8 Å². The van der Waals surface area contributed by atoms with Gasteiger partial charge in [0.1, 0.15) is 0 Å². The van der Waals surface area contributed by atoms with Gasteiger partial charge in [0, 0.05) is 26.0 Å². The van der Waals surface area contributed by atoms with E-state index in [9.17, 15) is 0 Å². The number of thioether (sulfide) groups is 1. The normalized spacial score (nSPS) is 10.8. The molecule has 0 aliphatic rings. The zero-order valence-corrected chi connectivity index (χ0v) is 11.9. The Balaban J connectivity index is 2.28. The topological polar surface area (TPSA) is 64.9 Å². The summed E-state index contributed by atoms with van der Waals surface area (Å²) in [5.41, 5.74) is 1.20. The predicted molar refractivity (Wildman–Crippen MR) is 72.7 cm³/mol. The second kappa shape index (κ2) is 9.07. The number of methoxy groups -OCH3 is 1. The first kappa shape index (κ1) is 15.1. The van der Waals surface area contributed by atoms with E-state index >= 15 is 0 Å². The van der Waals surface area contributed by atoms with Crippen molar-refractivity contribution in [3.05, 3.63) is 12.2 Å². The fourth-order valence-corrected chi connectivity index (χ4v) is 2.10. The minimum absolute atomic E-state index is 0.716. The molecule has 1 aromatic heterocycles. The highest BCUT2D eigenvalue weighted by Crippen LogP contribution is 2.17. The van der Waals surface area contributed by atoms with Crippen LogP contribution in [-0.4, -0.2) is 52.8 Å². The third kappa shape index (κ3) is 5.61. The molecule has 0 aliphatic heterocycles. The van der Waals surface area contributed by atoms with Crippen LogP contribution in [0.4, 0.5) is 0 Å². The third-order valence-corrected chi connectivity index (χ3v) is 3.49. The fraction of sp³-hybridized carbons (Fsp3) is 0.727. The lowest BCUT2D eigenvalue weighted by Gasteiger charge is -2.06. The molecule has 0 atom stereocenters. The van der Waals surface area contributed by atoms with Crippen LogP contribution in [0.3, 0.4) is 0 Å². The lowest BCUT2D eigenvalue weighted by atomic mass is 10.3. The highest BCUT2D eigenvalue weighted by atomic mass is 32.2. The van der Waals surface area contributed by atoms with Crippen molar-refractivity contribution < 1.29 is 4.74 Å². The zero-order chi connectivity index (χ0) is 13.2. The van der Waals surface area contributed by atoms with Gasteiger partial charge in [-0.05, 0) is 16.8 Å². The molecule has 102 valence electrons. The number of rotatable bonds is 10. The molecule has 6 nitrogen and oxygen atoms in total. The van der Waals surface area contributed by atoms with Crippen molar-refractivity contribution in [2.75, 3.05) is 32.6 Å². The third-order valence-electron chi connectivity index (χ3n) is 2.39. The molecule has 0 radical (unpaired) electrons. The van der Waals surface area contributed by atoms with Crippen LogP contribution in [0.5, 0.6) is 0 Å². The summed E-state index contributed by atoms with van der Waals surface area (Å²) in [5.74, 6) is 0.869. The zero-order valence-electron chi connectivity index (χ0n) is 11.1. The summed E-state index contributed by atoms with van der Waals surface area (Å²) >= 11 is 1.63. The Labute approximate surface area is 112 Å². The van der Waals surface area contributed by atoms with Crippen molar-refractivity contribution in [2.24, 2.45) is 0 Å². The van der Waals surface area contributed by atoms with Crippen molar-refractivity contribution in [3.8, 4) is 0 Å². The minimum atomic E-state index is 0.716. The average Bonchev–Trinajstić information content (AvgIpc) is 2.83. The highest BCUT2D eigenvalue weighted by Gasteiger charge is 2.06. The summed E-state index contributed by atoms with van der Waals surface area (Å²) in [7, 11) is 1.69. The van der Waals surface area contributed by atoms with E-state index < -0.39 is 0 Å². The number of ether oxygens (including phenoxy) is 1. The van der Waals surface area contributed by atoms with Crippen LogP contribution in [0.25, 0.3) is 0 Å². The van der Waals surface area contributed by atoms with Gasteiger partial charge in [0.15, 0.2) is 0 Å². The fourth-order valence-electron chi connectivity index (χ4n) is 1.19. The Morgan fingerprint density at radius 2 is 2.33 bits per heavy atom. The van der Waals surface area contributed by atoms with E-state index in [0.717, 1.165) is 37.0 Å².